The molecule has 2 amide bonds. The summed E-state index contributed by atoms with van der Waals surface area (Å²) >= 11 is 0. The van der Waals surface area contributed by atoms with Crippen LogP contribution in [-0.4, -0.2) is 42.8 Å². The summed E-state index contributed by atoms with van der Waals surface area (Å²) in [6.45, 7) is 6.75. The summed E-state index contributed by atoms with van der Waals surface area (Å²) in [5.41, 5.74) is 0. The lowest BCUT2D eigenvalue weighted by Crippen LogP contribution is -2.50. The Morgan fingerprint density at radius 3 is 2.88 bits per heavy atom. The molecule has 0 bridgehead atoms. The standard InChI is InChI=1S/C13H24N2O2/c1-10-5-6-11(2)15(9-10)13(16)14-8-12-4-3-7-17-12/h10-12H,3-9H2,1-2H3,(H,14,16). The molecule has 0 radical (unpaired) electrons. The lowest BCUT2D eigenvalue weighted by Gasteiger charge is -2.36. The average Bonchev–Trinajstić information content (AvgIpc) is 2.82. The van der Waals surface area contributed by atoms with Crippen LogP contribution < -0.4 is 5.32 Å². The Bertz CT molecular complexity index is 264. The van der Waals surface area contributed by atoms with Crippen LogP contribution in [0.4, 0.5) is 4.79 Å². The third kappa shape index (κ3) is 3.35. The zero-order valence-corrected chi connectivity index (χ0v) is 10.9. The highest BCUT2D eigenvalue weighted by atomic mass is 16.5. The van der Waals surface area contributed by atoms with Crippen LogP contribution in [-0.2, 0) is 4.74 Å². The highest BCUT2D eigenvalue weighted by Crippen LogP contribution is 2.21. The van der Waals surface area contributed by atoms with Crippen molar-refractivity contribution in [2.45, 2.75) is 51.7 Å². The maximum Gasteiger partial charge on any atom is 0.317 e. The number of likely N-dealkylation sites (tertiary alicyclic amines) is 1. The second-order valence-electron chi connectivity index (χ2n) is 5.50. The lowest BCUT2D eigenvalue weighted by molar-refractivity contribution is 0.102. The fourth-order valence-corrected chi connectivity index (χ4v) is 2.68. The molecule has 98 valence electrons. The largest absolute Gasteiger partial charge is 0.376 e. The van der Waals surface area contributed by atoms with Gasteiger partial charge in [-0.25, -0.2) is 4.79 Å². The number of piperidine rings is 1. The minimum absolute atomic E-state index is 0.0829. The molecular formula is C13H24N2O2. The van der Waals surface area contributed by atoms with Crippen LogP contribution in [0.3, 0.4) is 0 Å². The molecule has 4 heteroatoms. The summed E-state index contributed by atoms with van der Waals surface area (Å²) in [7, 11) is 0. The van der Waals surface area contributed by atoms with Gasteiger partial charge in [-0.2, -0.15) is 0 Å². The van der Waals surface area contributed by atoms with E-state index in [1.807, 2.05) is 4.90 Å². The molecule has 0 aromatic carbocycles. The van der Waals surface area contributed by atoms with Gasteiger partial charge in [-0.15, -0.1) is 0 Å². The van der Waals surface area contributed by atoms with Crippen molar-refractivity contribution in [2.24, 2.45) is 5.92 Å². The zero-order valence-electron chi connectivity index (χ0n) is 10.9. The first-order valence-corrected chi connectivity index (χ1v) is 6.83. The van der Waals surface area contributed by atoms with Crippen LogP contribution in [0.25, 0.3) is 0 Å². The Hall–Kier alpha value is -0.770. The summed E-state index contributed by atoms with van der Waals surface area (Å²) in [5, 5.41) is 3.01. The van der Waals surface area contributed by atoms with Gasteiger partial charge in [0.05, 0.1) is 6.10 Å². The minimum Gasteiger partial charge on any atom is -0.376 e. The molecule has 4 nitrogen and oxygen atoms in total. The molecule has 3 unspecified atom stereocenters. The van der Waals surface area contributed by atoms with E-state index < -0.39 is 0 Å². The molecule has 2 fully saturated rings. The second-order valence-corrected chi connectivity index (χ2v) is 5.50. The van der Waals surface area contributed by atoms with Gasteiger partial charge in [-0.3, -0.25) is 0 Å². The SMILES string of the molecule is CC1CCC(C)N(C(=O)NCC2CCCO2)C1. The van der Waals surface area contributed by atoms with Gasteiger partial charge in [0.15, 0.2) is 0 Å². The van der Waals surface area contributed by atoms with E-state index in [0.717, 1.165) is 32.4 Å². The third-order valence-electron chi connectivity index (χ3n) is 3.88. The Balaban J connectivity index is 1.77. The molecule has 3 atom stereocenters. The van der Waals surface area contributed by atoms with Crippen molar-refractivity contribution in [2.75, 3.05) is 19.7 Å². The first kappa shape index (κ1) is 12.7. The van der Waals surface area contributed by atoms with Gasteiger partial charge < -0.3 is 15.0 Å². The van der Waals surface area contributed by atoms with Gasteiger partial charge >= 0.3 is 6.03 Å². The normalized spacial score (nSPS) is 33.8. The van der Waals surface area contributed by atoms with E-state index in [1.54, 1.807) is 0 Å². The molecular weight excluding hydrogens is 216 g/mol. The highest BCUT2D eigenvalue weighted by molar-refractivity contribution is 5.74. The highest BCUT2D eigenvalue weighted by Gasteiger charge is 2.27. The molecule has 17 heavy (non-hydrogen) atoms. The van der Waals surface area contributed by atoms with E-state index in [9.17, 15) is 4.79 Å². The number of urea groups is 1. The molecule has 2 aliphatic heterocycles. The Morgan fingerprint density at radius 1 is 1.35 bits per heavy atom. The number of nitrogens with one attached hydrogen (secondary N) is 1. The fourth-order valence-electron chi connectivity index (χ4n) is 2.68. The molecule has 0 saturated carbocycles. The first-order valence-electron chi connectivity index (χ1n) is 6.83. The molecule has 2 rings (SSSR count). The van der Waals surface area contributed by atoms with Crippen molar-refractivity contribution < 1.29 is 9.53 Å². The maximum absolute atomic E-state index is 12.1. The maximum atomic E-state index is 12.1. The van der Waals surface area contributed by atoms with Crippen LogP contribution >= 0.6 is 0 Å². The van der Waals surface area contributed by atoms with E-state index in [2.05, 4.69) is 19.2 Å². The van der Waals surface area contributed by atoms with Gasteiger partial charge in [0.1, 0.15) is 0 Å². The van der Waals surface area contributed by atoms with Crippen molar-refractivity contribution in [1.29, 1.82) is 0 Å². The smallest absolute Gasteiger partial charge is 0.317 e. The molecule has 0 aromatic heterocycles. The molecule has 0 aromatic rings. The predicted molar refractivity (Wildman–Crippen MR) is 66.9 cm³/mol. The van der Waals surface area contributed by atoms with Crippen molar-refractivity contribution in [3.8, 4) is 0 Å². The number of amides is 2. The molecule has 2 saturated heterocycles. The Kier molecular flexibility index (Phi) is 4.26. The number of hydrogen-bond acceptors (Lipinski definition) is 2. The topological polar surface area (TPSA) is 41.6 Å². The summed E-state index contributed by atoms with van der Waals surface area (Å²) < 4.78 is 5.51. The summed E-state index contributed by atoms with van der Waals surface area (Å²) in [4.78, 5) is 14.0. The van der Waals surface area contributed by atoms with Crippen LogP contribution in [0.1, 0.15) is 39.5 Å². The number of nitrogens with zero attached hydrogens (tertiary/aromatic N) is 1. The van der Waals surface area contributed by atoms with E-state index in [-0.39, 0.29) is 12.1 Å². The van der Waals surface area contributed by atoms with Crippen molar-refractivity contribution in [3.05, 3.63) is 0 Å². The monoisotopic (exact) mass is 240 g/mol. The number of carbonyl (C=O) groups is 1. The molecule has 2 heterocycles. The van der Waals surface area contributed by atoms with Crippen molar-refractivity contribution in [3.63, 3.8) is 0 Å². The van der Waals surface area contributed by atoms with E-state index >= 15 is 0 Å². The Morgan fingerprint density at radius 2 is 2.18 bits per heavy atom. The van der Waals surface area contributed by atoms with Crippen molar-refractivity contribution in [1.82, 2.24) is 10.2 Å². The van der Waals surface area contributed by atoms with Crippen LogP contribution in [0.2, 0.25) is 0 Å². The molecule has 1 N–H and O–H groups in total. The number of ether oxygens (including phenoxy) is 1. The van der Waals surface area contributed by atoms with Crippen LogP contribution in [0.5, 0.6) is 0 Å². The van der Waals surface area contributed by atoms with Gasteiger partial charge in [0.2, 0.25) is 0 Å². The molecule has 0 aliphatic carbocycles. The van der Waals surface area contributed by atoms with Crippen LogP contribution in [0.15, 0.2) is 0 Å². The number of rotatable bonds is 2. The second kappa shape index (κ2) is 5.71. The van der Waals surface area contributed by atoms with E-state index in [4.69, 9.17) is 4.74 Å². The van der Waals surface area contributed by atoms with Crippen LogP contribution in [0, 0.1) is 5.92 Å². The van der Waals surface area contributed by atoms with Gasteiger partial charge in [-0.1, -0.05) is 6.92 Å². The predicted octanol–water partition coefficient (Wildman–Crippen LogP) is 2.00. The van der Waals surface area contributed by atoms with E-state index in [0.29, 0.717) is 18.5 Å². The van der Waals surface area contributed by atoms with Gasteiger partial charge in [0.25, 0.3) is 0 Å². The summed E-state index contributed by atoms with van der Waals surface area (Å²) in [6, 6.07) is 0.454. The molecule has 0 spiro atoms. The fraction of sp³-hybridized carbons (Fsp3) is 0.923. The summed E-state index contributed by atoms with van der Waals surface area (Å²) in [5.74, 6) is 0.625. The Labute approximate surface area is 104 Å². The zero-order chi connectivity index (χ0) is 12.3. The van der Waals surface area contributed by atoms with Gasteiger partial charge in [-0.05, 0) is 38.5 Å². The lowest BCUT2D eigenvalue weighted by atomic mass is 9.95. The van der Waals surface area contributed by atoms with E-state index in [1.165, 1.54) is 6.42 Å². The number of carbonyl (C=O) groups excluding carboxylic acids is 1. The quantitative estimate of drug-likeness (QED) is 0.802. The first-order chi connectivity index (χ1) is 8.16. The van der Waals surface area contributed by atoms with Crippen molar-refractivity contribution >= 4 is 6.03 Å². The van der Waals surface area contributed by atoms with Gasteiger partial charge in [0, 0.05) is 25.7 Å². The number of hydrogen-bond donors (Lipinski definition) is 1. The molecule has 2 aliphatic rings. The third-order valence-corrected chi connectivity index (χ3v) is 3.88. The average molecular weight is 240 g/mol. The minimum atomic E-state index is 0.0829. The summed E-state index contributed by atoms with van der Waals surface area (Å²) in [6.07, 6.45) is 4.78.